The normalized spacial score (nSPS) is 11.8. The van der Waals surface area contributed by atoms with Gasteiger partial charge >= 0.3 is 0 Å². The van der Waals surface area contributed by atoms with Gasteiger partial charge in [-0.15, -0.1) is 0 Å². The zero-order valence-electron chi connectivity index (χ0n) is 20.8. The SMILES string of the molecule is CC(C)C[C@@H](Nc1cc(-c2cc[nH]c2)nc(NCc2cccc(Cl)c2)n1)C(=O)NCc1ccc(Cl)cc1. The van der Waals surface area contributed by atoms with Crippen LogP contribution in [-0.2, 0) is 17.9 Å². The maximum absolute atomic E-state index is 13.2. The monoisotopic (exact) mass is 536 g/mol. The van der Waals surface area contributed by atoms with Gasteiger partial charge in [-0.05, 0) is 53.8 Å². The molecule has 0 saturated carbocycles. The minimum atomic E-state index is -0.470. The van der Waals surface area contributed by atoms with Crippen molar-refractivity contribution in [2.45, 2.75) is 39.4 Å². The van der Waals surface area contributed by atoms with Crippen LogP contribution in [0.15, 0.2) is 73.1 Å². The Kier molecular flexibility index (Phi) is 9.04. The summed E-state index contributed by atoms with van der Waals surface area (Å²) < 4.78 is 0. The third kappa shape index (κ3) is 7.97. The summed E-state index contributed by atoms with van der Waals surface area (Å²) in [5, 5.41) is 11.0. The largest absolute Gasteiger partial charge is 0.367 e. The molecule has 0 unspecified atom stereocenters. The minimum Gasteiger partial charge on any atom is -0.367 e. The van der Waals surface area contributed by atoms with Gasteiger partial charge in [0.1, 0.15) is 11.9 Å². The van der Waals surface area contributed by atoms with Crippen LogP contribution >= 0.6 is 23.2 Å². The van der Waals surface area contributed by atoms with E-state index in [4.69, 9.17) is 23.2 Å². The number of aromatic amines is 1. The molecule has 0 aliphatic carbocycles. The quantitative estimate of drug-likeness (QED) is 0.174. The smallest absolute Gasteiger partial charge is 0.242 e. The van der Waals surface area contributed by atoms with E-state index in [2.05, 4.69) is 44.7 Å². The topological polar surface area (TPSA) is 94.7 Å². The van der Waals surface area contributed by atoms with Crippen molar-refractivity contribution in [2.24, 2.45) is 5.92 Å². The number of carbonyl (C=O) groups excluding carboxylic acids is 1. The highest BCUT2D eigenvalue weighted by atomic mass is 35.5. The lowest BCUT2D eigenvalue weighted by Gasteiger charge is -2.21. The van der Waals surface area contributed by atoms with Gasteiger partial charge in [-0.1, -0.05) is 61.3 Å². The van der Waals surface area contributed by atoms with Crippen LogP contribution in [0.5, 0.6) is 0 Å². The molecule has 0 fully saturated rings. The average Bonchev–Trinajstić information content (AvgIpc) is 3.42. The molecule has 37 heavy (non-hydrogen) atoms. The lowest BCUT2D eigenvalue weighted by atomic mass is 10.0. The van der Waals surface area contributed by atoms with E-state index in [1.165, 1.54) is 0 Å². The number of hydrogen-bond acceptors (Lipinski definition) is 5. The van der Waals surface area contributed by atoms with E-state index in [1.54, 1.807) is 0 Å². The van der Waals surface area contributed by atoms with Gasteiger partial charge in [-0.2, -0.15) is 4.98 Å². The van der Waals surface area contributed by atoms with E-state index in [1.807, 2.05) is 73.1 Å². The van der Waals surface area contributed by atoms with Crippen LogP contribution in [0.2, 0.25) is 10.0 Å². The second-order valence-corrected chi connectivity index (χ2v) is 10.1. The molecular formula is C28H30Cl2N6O. The van der Waals surface area contributed by atoms with E-state index in [9.17, 15) is 4.79 Å². The number of rotatable bonds is 11. The molecule has 1 atom stereocenters. The van der Waals surface area contributed by atoms with Gasteiger partial charge in [0.25, 0.3) is 0 Å². The van der Waals surface area contributed by atoms with Crippen LogP contribution in [0.4, 0.5) is 11.8 Å². The lowest BCUT2D eigenvalue weighted by Crippen LogP contribution is -2.40. The first kappa shape index (κ1) is 26.5. The Balaban J connectivity index is 1.53. The molecule has 2 aromatic heterocycles. The summed E-state index contributed by atoms with van der Waals surface area (Å²) in [6.45, 7) is 5.10. The Morgan fingerprint density at radius 2 is 1.76 bits per heavy atom. The van der Waals surface area contributed by atoms with Crippen LogP contribution < -0.4 is 16.0 Å². The summed E-state index contributed by atoms with van der Waals surface area (Å²) >= 11 is 12.1. The maximum Gasteiger partial charge on any atom is 0.242 e. The van der Waals surface area contributed by atoms with Crippen molar-refractivity contribution in [1.29, 1.82) is 0 Å². The Morgan fingerprint density at radius 1 is 0.946 bits per heavy atom. The fourth-order valence-electron chi connectivity index (χ4n) is 3.86. The molecule has 4 rings (SSSR count). The first-order valence-corrected chi connectivity index (χ1v) is 12.9. The third-order valence-corrected chi connectivity index (χ3v) is 6.17. The zero-order chi connectivity index (χ0) is 26.2. The number of nitrogens with one attached hydrogen (secondary N) is 4. The van der Waals surface area contributed by atoms with Crippen molar-refractivity contribution in [3.8, 4) is 11.3 Å². The Morgan fingerprint density at radius 3 is 2.46 bits per heavy atom. The molecule has 0 radical (unpaired) electrons. The third-order valence-electron chi connectivity index (χ3n) is 5.69. The minimum absolute atomic E-state index is 0.0982. The van der Waals surface area contributed by atoms with Crippen molar-refractivity contribution in [3.63, 3.8) is 0 Å². The Labute approximate surface area is 227 Å². The lowest BCUT2D eigenvalue weighted by molar-refractivity contribution is -0.122. The molecule has 2 heterocycles. The van der Waals surface area contributed by atoms with Gasteiger partial charge in [0.15, 0.2) is 0 Å². The molecule has 2 aromatic carbocycles. The van der Waals surface area contributed by atoms with Crippen molar-refractivity contribution in [1.82, 2.24) is 20.3 Å². The first-order chi connectivity index (χ1) is 17.9. The summed E-state index contributed by atoms with van der Waals surface area (Å²) in [5.74, 6) is 1.21. The Bertz CT molecular complexity index is 1310. The van der Waals surface area contributed by atoms with Crippen LogP contribution in [-0.4, -0.2) is 26.9 Å². The van der Waals surface area contributed by atoms with Gasteiger partial charge in [0.2, 0.25) is 11.9 Å². The highest BCUT2D eigenvalue weighted by molar-refractivity contribution is 6.30. The second kappa shape index (κ2) is 12.6. The highest BCUT2D eigenvalue weighted by Crippen LogP contribution is 2.23. The number of nitrogens with zero attached hydrogens (tertiary/aromatic N) is 2. The van der Waals surface area contributed by atoms with Gasteiger partial charge < -0.3 is 20.9 Å². The summed E-state index contributed by atoms with van der Waals surface area (Å²) in [5.41, 5.74) is 3.64. The predicted molar refractivity (Wildman–Crippen MR) is 151 cm³/mol. The number of hydrogen-bond donors (Lipinski definition) is 4. The van der Waals surface area contributed by atoms with E-state index >= 15 is 0 Å². The number of aromatic nitrogens is 3. The van der Waals surface area contributed by atoms with Gasteiger partial charge in [-0.3, -0.25) is 4.79 Å². The molecule has 0 saturated heterocycles. The maximum atomic E-state index is 13.2. The van der Waals surface area contributed by atoms with Crippen LogP contribution in [0, 0.1) is 5.92 Å². The second-order valence-electron chi connectivity index (χ2n) is 9.22. The molecule has 0 bridgehead atoms. The number of H-pyrrole nitrogens is 1. The number of carbonyl (C=O) groups is 1. The summed E-state index contributed by atoms with van der Waals surface area (Å²) in [4.78, 5) is 25.6. The van der Waals surface area contributed by atoms with Crippen molar-refractivity contribution >= 4 is 40.9 Å². The van der Waals surface area contributed by atoms with E-state index < -0.39 is 6.04 Å². The number of anilines is 2. The molecule has 0 spiro atoms. The van der Waals surface area contributed by atoms with Crippen molar-refractivity contribution in [2.75, 3.05) is 10.6 Å². The van der Waals surface area contributed by atoms with Crippen molar-refractivity contribution in [3.05, 3.63) is 94.2 Å². The standard InChI is InChI=1S/C28H30Cl2N6O/c1-18(2)12-25(27(37)32-15-19-6-8-22(29)9-7-19)34-26-14-24(21-10-11-31-17-21)35-28(36-26)33-16-20-4-3-5-23(30)13-20/h3-11,13-14,17-18,25,31H,12,15-16H2,1-2H3,(H,32,37)(H2,33,34,35,36)/t25-/m1/s1. The first-order valence-electron chi connectivity index (χ1n) is 12.1. The van der Waals surface area contributed by atoms with Gasteiger partial charge in [0.05, 0.1) is 5.69 Å². The molecule has 7 nitrogen and oxygen atoms in total. The van der Waals surface area contributed by atoms with E-state index in [0.717, 1.165) is 22.4 Å². The molecule has 4 aromatic rings. The fraction of sp³-hybridized carbons (Fsp3) is 0.250. The van der Waals surface area contributed by atoms with Crippen LogP contribution in [0.1, 0.15) is 31.4 Å². The predicted octanol–water partition coefficient (Wildman–Crippen LogP) is 6.53. The van der Waals surface area contributed by atoms with E-state index in [-0.39, 0.29) is 5.91 Å². The summed E-state index contributed by atoms with van der Waals surface area (Å²) in [6.07, 6.45) is 4.36. The van der Waals surface area contributed by atoms with Crippen molar-refractivity contribution < 1.29 is 4.79 Å². The number of halogens is 2. The van der Waals surface area contributed by atoms with Gasteiger partial charge in [-0.25, -0.2) is 4.98 Å². The van der Waals surface area contributed by atoms with Crippen LogP contribution in [0.25, 0.3) is 11.3 Å². The summed E-state index contributed by atoms with van der Waals surface area (Å²) in [6, 6.07) is 18.4. The zero-order valence-corrected chi connectivity index (χ0v) is 22.3. The molecule has 4 N–H and O–H groups in total. The average molecular weight is 537 g/mol. The molecule has 1 amide bonds. The Hall–Kier alpha value is -3.55. The number of benzene rings is 2. The molecular weight excluding hydrogens is 507 g/mol. The fourth-order valence-corrected chi connectivity index (χ4v) is 4.19. The molecule has 192 valence electrons. The molecule has 9 heteroatoms. The van der Waals surface area contributed by atoms with Gasteiger partial charge in [0, 0.05) is 47.2 Å². The van der Waals surface area contributed by atoms with Crippen LogP contribution in [0.3, 0.4) is 0 Å². The van der Waals surface area contributed by atoms with E-state index in [0.29, 0.717) is 47.2 Å². The molecule has 0 aliphatic heterocycles. The highest BCUT2D eigenvalue weighted by Gasteiger charge is 2.21. The number of amides is 1. The summed E-state index contributed by atoms with van der Waals surface area (Å²) in [7, 11) is 0. The molecule has 0 aliphatic rings.